The molecule has 0 saturated carbocycles. The highest BCUT2D eigenvalue weighted by Gasteiger charge is 2.02. The van der Waals surface area contributed by atoms with Gasteiger partial charge in [-0.1, -0.05) is 0 Å². The van der Waals surface area contributed by atoms with E-state index in [-0.39, 0.29) is 5.95 Å². The number of aromatic nitrogens is 4. The summed E-state index contributed by atoms with van der Waals surface area (Å²) in [7, 11) is 0. The lowest BCUT2D eigenvalue weighted by Gasteiger charge is -1.99. The molecule has 6 heteroatoms. The first-order valence-electron chi connectivity index (χ1n) is 4.30. The summed E-state index contributed by atoms with van der Waals surface area (Å²) in [5.74, 6) is 0.257. The molecule has 0 aliphatic rings. The van der Waals surface area contributed by atoms with Crippen LogP contribution in [0.1, 0.15) is 5.69 Å². The van der Waals surface area contributed by atoms with E-state index in [0.717, 1.165) is 10.7 Å². The Kier molecular flexibility index (Phi) is 2.77. The number of nitrogens with two attached hydrogens (primary N) is 1. The van der Waals surface area contributed by atoms with Crippen LogP contribution in [0.2, 0.25) is 0 Å². The summed E-state index contributed by atoms with van der Waals surface area (Å²) in [6.45, 7) is 1.92. The quantitative estimate of drug-likeness (QED) is 0.606. The molecule has 0 atom stereocenters. The SMILES string of the molecule is Cc1ccnc(Sc2ccnc(N)n2)n1. The molecule has 0 aromatic carbocycles. The monoisotopic (exact) mass is 219 g/mol. The molecule has 5 nitrogen and oxygen atoms in total. The minimum absolute atomic E-state index is 0.257. The van der Waals surface area contributed by atoms with E-state index >= 15 is 0 Å². The molecule has 2 heterocycles. The first-order chi connectivity index (χ1) is 7.24. The molecule has 0 radical (unpaired) electrons. The Morgan fingerprint density at radius 2 is 1.93 bits per heavy atom. The summed E-state index contributed by atoms with van der Waals surface area (Å²) in [6, 6.07) is 3.62. The van der Waals surface area contributed by atoms with E-state index in [1.807, 2.05) is 13.0 Å². The Morgan fingerprint density at radius 3 is 2.67 bits per heavy atom. The Labute approximate surface area is 91.2 Å². The highest BCUT2D eigenvalue weighted by Crippen LogP contribution is 2.21. The van der Waals surface area contributed by atoms with Crippen molar-refractivity contribution in [1.29, 1.82) is 0 Å². The molecule has 76 valence electrons. The van der Waals surface area contributed by atoms with Gasteiger partial charge in [-0.05, 0) is 30.8 Å². The molecular weight excluding hydrogens is 210 g/mol. The number of anilines is 1. The zero-order valence-electron chi connectivity index (χ0n) is 8.08. The molecule has 0 fully saturated rings. The molecule has 0 aliphatic carbocycles. The van der Waals surface area contributed by atoms with Crippen molar-refractivity contribution in [2.45, 2.75) is 17.1 Å². The van der Waals surface area contributed by atoms with Gasteiger partial charge in [0.15, 0.2) is 5.16 Å². The maximum Gasteiger partial charge on any atom is 0.221 e. The fraction of sp³-hybridized carbons (Fsp3) is 0.111. The number of hydrogen-bond donors (Lipinski definition) is 1. The second-order valence-corrected chi connectivity index (χ2v) is 3.82. The Hall–Kier alpha value is -1.69. The molecule has 0 amide bonds. The molecular formula is C9H9N5S. The minimum Gasteiger partial charge on any atom is -0.368 e. The molecule has 0 bridgehead atoms. The second kappa shape index (κ2) is 4.22. The van der Waals surface area contributed by atoms with E-state index in [1.165, 1.54) is 11.8 Å². The van der Waals surface area contributed by atoms with Crippen molar-refractivity contribution in [3.63, 3.8) is 0 Å². The van der Waals surface area contributed by atoms with Crippen LogP contribution in [0, 0.1) is 6.92 Å². The molecule has 2 rings (SSSR count). The lowest BCUT2D eigenvalue weighted by Crippen LogP contribution is -1.95. The van der Waals surface area contributed by atoms with E-state index in [1.54, 1.807) is 18.5 Å². The normalized spacial score (nSPS) is 10.2. The maximum atomic E-state index is 5.47. The van der Waals surface area contributed by atoms with Gasteiger partial charge >= 0.3 is 0 Å². The van der Waals surface area contributed by atoms with Crippen LogP contribution in [0.15, 0.2) is 34.7 Å². The summed E-state index contributed by atoms with van der Waals surface area (Å²) in [4.78, 5) is 16.2. The third-order valence-electron chi connectivity index (χ3n) is 1.62. The first-order valence-corrected chi connectivity index (χ1v) is 5.12. The largest absolute Gasteiger partial charge is 0.368 e. The highest BCUT2D eigenvalue weighted by atomic mass is 32.2. The standard InChI is InChI=1S/C9H9N5S/c1-6-2-4-12-9(13-6)15-7-3-5-11-8(10)14-7/h2-5H,1H3,(H2,10,11,14). The average Bonchev–Trinajstić information content (AvgIpc) is 2.17. The van der Waals surface area contributed by atoms with Crippen LogP contribution in [0.25, 0.3) is 0 Å². The van der Waals surface area contributed by atoms with Crippen molar-refractivity contribution >= 4 is 17.7 Å². The number of nitrogens with zero attached hydrogens (tertiary/aromatic N) is 4. The molecule has 2 aromatic heterocycles. The van der Waals surface area contributed by atoms with E-state index < -0.39 is 0 Å². The van der Waals surface area contributed by atoms with Gasteiger partial charge in [-0.3, -0.25) is 0 Å². The first kappa shape index (κ1) is 9.85. The van der Waals surface area contributed by atoms with Gasteiger partial charge in [-0.15, -0.1) is 0 Å². The van der Waals surface area contributed by atoms with Crippen molar-refractivity contribution in [2.75, 3.05) is 5.73 Å². The van der Waals surface area contributed by atoms with Crippen LogP contribution < -0.4 is 5.73 Å². The fourth-order valence-corrected chi connectivity index (χ4v) is 1.74. The fourth-order valence-electron chi connectivity index (χ4n) is 0.982. The van der Waals surface area contributed by atoms with E-state index in [4.69, 9.17) is 5.73 Å². The summed E-state index contributed by atoms with van der Waals surface area (Å²) >= 11 is 1.36. The van der Waals surface area contributed by atoms with Crippen molar-refractivity contribution in [2.24, 2.45) is 0 Å². The summed E-state index contributed by atoms with van der Waals surface area (Å²) in [5, 5.41) is 1.40. The van der Waals surface area contributed by atoms with Gasteiger partial charge in [-0.2, -0.15) is 0 Å². The Balaban J connectivity index is 2.22. The zero-order valence-corrected chi connectivity index (χ0v) is 8.90. The van der Waals surface area contributed by atoms with Crippen molar-refractivity contribution in [3.8, 4) is 0 Å². The Morgan fingerprint density at radius 1 is 1.13 bits per heavy atom. The maximum absolute atomic E-state index is 5.47. The van der Waals surface area contributed by atoms with Crippen LogP contribution in [0.4, 0.5) is 5.95 Å². The zero-order chi connectivity index (χ0) is 10.7. The third-order valence-corrected chi connectivity index (χ3v) is 2.43. The van der Waals surface area contributed by atoms with Gasteiger partial charge in [0.2, 0.25) is 5.95 Å². The lowest BCUT2D eigenvalue weighted by molar-refractivity contribution is 0.926. The van der Waals surface area contributed by atoms with Crippen molar-refractivity contribution in [1.82, 2.24) is 19.9 Å². The molecule has 0 spiro atoms. The van der Waals surface area contributed by atoms with Gasteiger partial charge in [0.1, 0.15) is 5.03 Å². The molecule has 2 N–H and O–H groups in total. The summed E-state index contributed by atoms with van der Waals surface area (Å²) in [5.41, 5.74) is 6.39. The van der Waals surface area contributed by atoms with Gasteiger partial charge < -0.3 is 5.73 Å². The molecule has 15 heavy (non-hydrogen) atoms. The van der Waals surface area contributed by atoms with Crippen LogP contribution in [-0.4, -0.2) is 19.9 Å². The predicted molar refractivity (Wildman–Crippen MR) is 57.3 cm³/mol. The van der Waals surface area contributed by atoms with Gasteiger partial charge in [0.05, 0.1) is 0 Å². The predicted octanol–water partition coefficient (Wildman–Crippen LogP) is 1.31. The molecule has 0 saturated heterocycles. The van der Waals surface area contributed by atoms with Gasteiger partial charge in [0.25, 0.3) is 0 Å². The number of nitrogen functional groups attached to an aromatic ring is 1. The summed E-state index contributed by atoms with van der Waals surface area (Å²) < 4.78 is 0. The lowest BCUT2D eigenvalue weighted by atomic mass is 10.5. The third kappa shape index (κ3) is 2.63. The number of hydrogen-bond acceptors (Lipinski definition) is 6. The Bertz CT molecular complexity index is 430. The number of aryl methyl sites for hydroxylation is 1. The minimum atomic E-state index is 0.257. The summed E-state index contributed by atoms with van der Waals surface area (Å²) in [6.07, 6.45) is 3.33. The molecule has 0 aliphatic heterocycles. The van der Waals surface area contributed by atoms with E-state index in [0.29, 0.717) is 5.16 Å². The topological polar surface area (TPSA) is 77.6 Å². The number of rotatable bonds is 2. The van der Waals surface area contributed by atoms with Crippen molar-refractivity contribution < 1.29 is 0 Å². The van der Waals surface area contributed by atoms with Crippen molar-refractivity contribution in [3.05, 3.63) is 30.2 Å². The van der Waals surface area contributed by atoms with Gasteiger partial charge in [0, 0.05) is 18.1 Å². The molecule has 0 unspecified atom stereocenters. The second-order valence-electron chi connectivity index (χ2n) is 2.84. The van der Waals surface area contributed by atoms with Crippen LogP contribution >= 0.6 is 11.8 Å². The molecule has 2 aromatic rings. The smallest absolute Gasteiger partial charge is 0.221 e. The highest BCUT2D eigenvalue weighted by molar-refractivity contribution is 7.99. The van der Waals surface area contributed by atoms with E-state index in [2.05, 4.69) is 19.9 Å². The van der Waals surface area contributed by atoms with Gasteiger partial charge in [-0.25, -0.2) is 19.9 Å². The van der Waals surface area contributed by atoms with Crippen LogP contribution in [0.3, 0.4) is 0 Å². The van der Waals surface area contributed by atoms with Crippen LogP contribution in [-0.2, 0) is 0 Å². The average molecular weight is 219 g/mol. The van der Waals surface area contributed by atoms with E-state index in [9.17, 15) is 0 Å². The van der Waals surface area contributed by atoms with Crippen LogP contribution in [0.5, 0.6) is 0 Å².